The van der Waals surface area contributed by atoms with Crippen molar-refractivity contribution >= 4 is 23.3 Å². The molecule has 1 N–H and O–H groups in total. The van der Waals surface area contributed by atoms with E-state index in [1.807, 2.05) is 31.2 Å². The van der Waals surface area contributed by atoms with Crippen molar-refractivity contribution in [3.05, 3.63) is 41.7 Å². The van der Waals surface area contributed by atoms with Crippen molar-refractivity contribution in [3.63, 3.8) is 0 Å². The summed E-state index contributed by atoms with van der Waals surface area (Å²) in [6, 6.07) is 9.35. The van der Waals surface area contributed by atoms with E-state index >= 15 is 0 Å². The molecule has 1 atom stereocenters. The van der Waals surface area contributed by atoms with Gasteiger partial charge in [-0.15, -0.1) is 0 Å². The predicted molar refractivity (Wildman–Crippen MR) is 81.5 cm³/mol. The fourth-order valence-electron chi connectivity index (χ4n) is 2.58. The highest BCUT2D eigenvalue weighted by Gasteiger charge is 2.35. The van der Waals surface area contributed by atoms with Crippen LogP contribution in [0.2, 0.25) is 0 Å². The molecule has 6 heteroatoms. The maximum absolute atomic E-state index is 12.2. The second-order valence-corrected chi connectivity index (χ2v) is 5.56. The van der Waals surface area contributed by atoms with Crippen LogP contribution in [0.3, 0.4) is 0 Å². The normalized spacial score (nSPS) is 17.8. The summed E-state index contributed by atoms with van der Waals surface area (Å²) in [6.45, 7) is 4.10. The van der Waals surface area contributed by atoms with E-state index in [-0.39, 0.29) is 24.2 Å². The van der Waals surface area contributed by atoms with E-state index in [0.717, 1.165) is 11.3 Å². The van der Waals surface area contributed by atoms with Crippen LogP contribution < -0.4 is 10.2 Å². The maximum Gasteiger partial charge on any atom is 0.231 e. The quantitative estimate of drug-likeness (QED) is 0.943. The van der Waals surface area contributed by atoms with Gasteiger partial charge in [-0.25, -0.2) is 0 Å². The Morgan fingerprint density at radius 3 is 2.86 bits per heavy atom. The molecule has 1 fully saturated rings. The number of nitrogens with one attached hydrogen (secondary N) is 1. The molecule has 1 aromatic carbocycles. The number of nitrogens with zero attached hydrogens (tertiary/aromatic N) is 2. The van der Waals surface area contributed by atoms with Crippen molar-refractivity contribution in [2.75, 3.05) is 16.8 Å². The minimum Gasteiger partial charge on any atom is -0.360 e. The van der Waals surface area contributed by atoms with Gasteiger partial charge in [0.15, 0.2) is 5.82 Å². The van der Waals surface area contributed by atoms with E-state index in [1.165, 1.54) is 0 Å². The second kappa shape index (κ2) is 5.63. The van der Waals surface area contributed by atoms with E-state index < -0.39 is 0 Å². The van der Waals surface area contributed by atoms with Crippen LogP contribution in [0.4, 0.5) is 11.5 Å². The Morgan fingerprint density at radius 1 is 1.36 bits per heavy atom. The summed E-state index contributed by atoms with van der Waals surface area (Å²) >= 11 is 0. The standard InChI is InChI=1S/C16H17N3O3/c1-10-4-3-5-13(6-10)19-9-12(8-15(19)20)16(21)17-14-7-11(2)22-18-14/h3-7,12H,8-9H2,1-2H3,(H,17,18,21)/t12-/m1/s1. The third-order valence-corrected chi connectivity index (χ3v) is 3.69. The van der Waals surface area contributed by atoms with Gasteiger partial charge in [0.05, 0.1) is 5.92 Å². The van der Waals surface area contributed by atoms with Crippen LogP contribution in [0.25, 0.3) is 0 Å². The lowest BCUT2D eigenvalue weighted by atomic mass is 10.1. The molecule has 0 saturated carbocycles. The molecule has 2 heterocycles. The summed E-state index contributed by atoms with van der Waals surface area (Å²) in [6.07, 6.45) is 0.205. The Labute approximate surface area is 128 Å². The molecule has 1 aliphatic rings. The molecule has 0 spiro atoms. The van der Waals surface area contributed by atoms with E-state index in [0.29, 0.717) is 18.1 Å². The molecule has 0 unspecified atom stereocenters. The first kappa shape index (κ1) is 14.3. The van der Waals surface area contributed by atoms with E-state index in [4.69, 9.17) is 4.52 Å². The number of hydrogen-bond donors (Lipinski definition) is 1. The summed E-state index contributed by atoms with van der Waals surface area (Å²) in [5, 5.41) is 6.42. The zero-order chi connectivity index (χ0) is 15.7. The van der Waals surface area contributed by atoms with Crippen LogP contribution in [0.1, 0.15) is 17.7 Å². The third-order valence-electron chi connectivity index (χ3n) is 3.69. The molecule has 6 nitrogen and oxygen atoms in total. The van der Waals surface area contributed by atoms with Crippen molar-refractivity contribution in [1.82, 2.24) is 5.16 Å². The lowest BCUT2D eigenvalue weighted by molar-refractivity contribution is -0.122. The van der Waals surface area contributed by atoms with Crippen molar-refractivity contribution in [1.29, 1.82) is 0 Å². The van der Waals surface area contributed by atoms with E-state index in [1.54, 1.807) is 17.9 Å². The van der Waals surface area contributed by atoms with Crippen LogP contribution in [0, 0.1) is 19.8 Å². The first-order valence-electron chi connectivity index (χ1n) is 7.14. The van der Waals surface area contributed by atoms with Gasteiger partial charge in [-0.1, -0.05) is 17.3 Å². The fraction of sp³-hybridized carbons (Fsp3) is 0.312. The van der Waals surface area contributed by atoms with Gasteiger partial charge < -0.3 is 14.7 Å². The number of carbonyl (C=O) groups is 2. The average Bonchev–Trinajstić information content (AvgIpc) is 3.05. The van der Waals surface area contributed by atoms with E-state index in [9.17, 15) is 9.59 Å². The minimum absolute atomic E-state index is 0.0397. The largest absolute Gasteiger partial charge is 0.360 e. The molecule has 2 amide bonds. The molecule has 1 saturated heterocycles. The third kappa shape index (κ3) is 2.86. The molecule has 1 aliphatic heterocycles. The molecular weight excluding hydrogens is 282 g/mol. The molecular formula is C16H17N3O3. The molecule has 0 bridgehead atoms. The van der Waals surface area contributed by atoms with E-state index in [2.05, 4.69) is 10.5 Å². The Balaban J connectivity index is 1.70. The van der Waals surface area contributed by atoms with Gasteiger partial charge in [0.25, 0.3) is 0 Å². The van der Waals surface area contributed by atoms with Crippen LogP contribution in [-0.2, 0) is 9.59 Å². The average molecular weight is 299 g/mol. The van der Waals surface area contributed by atoms with Gasteiger partial charge in [0.1, 0.15) is 5.76 Å². The minimum atomic E-state index is -0.384. The summed E-state index contributed by atoms with van der Waals surface area (Å²) < 4.78 is 4.91. The Morgan fingerprint density at radius 2 is 2.18 bits per heavy atom. The second-order valence-electron chi connectivity index (χ2n) is 5.56. The van der Waals surface area contributed by atoms with Crippen LogP contribution in [-0.4, -0.2) is 23.5 Å². The highest BCUT2D eigenvalue weighted by molar-refractivity contribution is 6.03. The number of aryl methyl sites for hydroxylation is 2. The molecule has 22 heavy (non-hydrogen) atoms. The Kier molecular flexibility index (Phi) is 3.66. The molecule has 114 valence electrons. The molecule has 3 rings (SSSR count). The van der Waals surface area contributed by atoms with Crippen LogP contribution >= 0.6 is 0 Å². The number of amides is 2. The zero-order valence-corrected chi connectivity index (χ0v) is 12.5. The van der Waals surface area contributed by atoms with Gasteiger partial charge >= 0.3 is 0 Å². The predicted octanol–water partition coefficient (Wildman–Crippen LogP) is 2.28. The Hall–Kier alpha value is -2.63. The van der Waals surface area contributed by atoms with Gasteiger partial charge in [0, 0.05) is 24.7 Å². The van der Waals surface area contributed by atoms with Gasteiger partial charge in [-0.05, 0) is 31.5 Å². The van der Waals surface area contributed by atoms with Crippen molar-refractivity contribution in [2.24, 2.45) is 5.92 Å². The first-order valence-corrected chi connectivity index (χ1v) is 7.14. The van der Waals surface area contributed by atoms with Crippen molar-refractivity contribution in [2.45, 2.75) is 20.3 Å². The topological polar surface area (TPSA) is 75.4 Å². The SMILES string of the molecule is Cc1cccc(N2C[C@H](C(=O)Nc3cc(C)on3)CC2=O)c1. The smallest absolute Gasteiger partial charge is 0.231 e. The summed E-state index contributed by atoms with van der Waals surface area (Å²) in [5.74, 6) is 0.368. The molecule has 0 radical (unpaired) electrons. The highest BCUT2D eigenvalue weighted by Crippen LogP contribution is 2.26. The Bertz CT molecular complexity index is 723. The maximum atomic E-state index is 12.2. The van der Waals surface area contributed by atoms with Crippen molar-refractivity contribution < 1.29 is 14.1 Å². The number of aromatic nitrogens is 1. The molecule has 0 aliphatic carbocycles. The first-order chi connectivity index (χ1) is 10.5. The number of hydrogen-bond acceptors (Lipinski definition) is 4. The molecule has 1 aromatic heterocycles. The monoisotopic (exact) mass is 299 g/mol. The number of anilines is 2. The van der Waals surface area contributed by atoms with Gasteiger partial charge in [-0.3, -0.25) is 9.59 Å². The van der Waals surface area contributed by atoms with Gasteiger partial charge in [-0.2, -0.15) is 0 Å². The number of benzene rings is 1. The van der Waals surface area contributed by atoms with Crippen LogP contribution in [0.15, 0.2) is 34.9 Å². The lowest BCUT2D eigenvalue weighted by Gasteiger charge is -2.17. The number of rotatable bonds is 3. The summed E-state index contributed by atoms with van der Waals surface area (Å²) in [7, 11) is 0. The number of carbonyl (C=O) groups excluding carboxylic acids is 2. The summed E-state index contributed by atoms with van der Waals surface area (Å²) in [5.41, 5.74) is 1.91. The van der Waals surface area contributed by atoms with Gasteiger partial charge in [0.2, 0.25) is 11.8 Å². The van der Waals surface area contributed by atoms with Crippen LogP contribution in [0.5, 0.6) is 0 Å². The highest BCUT2D eigenvalue weighted by atomic mass is 16.5. The lowest BCUT2D eigenvalue weighted by Crippen LogP contribution is -2.28. The fourth-order valence-corrected chi connectivity index (χ4v) is 2.58. The summed E-state index contributed by atoms with van der Waals surface area (Å²) in [4.78, 5) is 26.1. The zero-order valence-electron chi connectivity index (χ0n) is 12.5. The molecule has 2 aromatic rings. The van der Waals surface area contributed by atoms with Crippen molar-refractivity contribution in [3.8, 4) is 0 Å².